The number of fused-ring (bicyclic) bond motifs is 1. The number of phenolic OH excluding ortho intramolecular Hbond substituents is 2. The third-order valence-electron chi connectivity index (χ3n) is 14.5. The molecule has 4 N–H and O–H groups in total. The maximum atomic E-state index is 14.6. The van der Waals surface area contributed by atoms with Gasteiger partial charge in [0.1, 0.15) is 17.3 Å². The van der Waals surface area contributed by atoms with E-state index in [1.165, 1.54) is 12.1 Å². The molecular weight excluding hydrogens is 724 g/mol. The maximum Gasteiger partial charge on any atom is 0.312 e. The quantitative estimate of drug-likeness (QED) is 0.109. The number of ether oxygens (including phenoxy) is 5. The lowest BCUT2D eigenvalue weighted by Crippen LogP contribution is -2.67. The fourth-order valence-electron chi connectivity index (χ4n) is 12.3. The Morgan fingerprint density at radius 1 is 0.946 bits per heavy atom. The van der Waals surface area contributed by atoms with Crippen LogP contribution in [0.2, 0.25) is 0 Å². The number of esters is 4. The zero-order chi connectivity index (χ0) is 40.0. The van der Waals surface area contributed by atoms with Gasteiger partial charge in [-0.1, -0.05) is 19.9 Å². The summed E-state index contributed by atoms with van der Waals surface area (Å²) < 4.78 is 30.4. The van der Waals surface area contributed by atoms with E-state index in [1.54, 1.807) is 19.9 Å². The molecule has 0 spiro atoms. The summed E-state index contributed by atoms with van der Waals surface area (Å²) >= 11 is 0. The average molecular weight is 783 g/mol. The molecule has 13 heteroatoms. The van der Waals surface area contributed by atoms with E-state index >= 15 is 0 Å². The summed E-state index contributed by atoms with van der Waals surface area (Å²) in [5, 5.41) is 43.1. The number of carbonyl (C=O) groups excluding carboxylic acids is 4. The third kappa shape index (κ3) is 7.18. The van der Waals surface area contributed by atoms with Crippen molar-refractivity contribution in [3.8, 4) is 11.5 Å². The van der Waals surface area contributed by atoms with Crippen LogP contribution in [-0.2, 0) is 42.9 Å². The first-order chi connectivity index (χ1) is 26.3. The van der Waals surface area contributed by atoms with E-state index in [0.717, 1.165) is 12.8 Å². The monoisotopic (exact) mass is 782 g/mol. The second-order valence-corrected chi connectivity index (χ2v) is 19.5. The smallest absolute Gasteiger partial charge is 0.312 e. The van der Waals surface area contributed by atoms with E-state index in [-0.39, 0.29) is 73.7 Å². The van der Waals surface area contributed by atoms with Crippen molar-refractivity contribution in [2.75, 3.05) is 0 Å². The third-order valence-corrected chi connectivity index (χ3v) is 14.5. The predicted molar refractivity (Wildman–Crippen MR) is 197 cm³/mol. The van der Waals surface area contributed by atoms with Crippen LogP contribution in [-0.4, -0.2) is 91.1 Å². The minimum atomic E-state index is -1.28. The van der Waals surface area contributed by atoms with Crippen molar-refractivity contribution in [1.29, 1.82) is 0 Å². The molecule has 8 aliphatic rings. The van der Waals surface area contributed by atoms with Crippen LogP contribution in [0.1, 0.15) is 135 Å². The fourth-order valence-corrected chi connectivity index (χ4v) is 12.3. The zero-order valence-corrected chi connectivity index (χ0v) is 33.0. The van der Waals surface area contributed by atoms with Crippen molar-refractivity contribution >= 4 is 23.9 Å². The normalized spacial score (nSPS) is 38.4. The van der Waals surface area contributed by atoms with E-state index in [0.29, 0.717) is 50.5 Å². The fraction of sp³-hybridized carbons (Fsp3) is 0.767. The van der Waals surface area contributed by atoms with Crippen molar-refractivity contribution < 1.29 is 63.3 Å². The summed E-state index contributed by atoms with van der Waals surface area (Å²) in [6, 6.07) is 4.61. The van der Waals surface area contributed by atoms with Crippen LogP contribution in [0.25, 0.3) is 0 Å². The topological polar surface area (TPSA) is 195 Å². The van der Waals surface area contributed by atoms with Crippen molar-refractivity contribution in [2.45, 2.75) is 177 Å². The Bertz CT molecular complexity index is 1730. The Labute approximate surface area is 327 Å². The van der Waals surface area contributed by atoms with Gasteiger partial charge in [-0.25, -0.2) is 0 Å². The van der Waals surface area contributed by atoms with Crippen LogP contribution in [0.3, 0.4) is 0 Å². The Balaban J connectivity index is 1.07. The number of aliphatic hydroxyl groups is 2. The van der Waals surface area contributed by atoms with Gasteiger partial charge in [0.25, 0.3) is 0 Å². The molecule has 1 aromatic carbocycles. The van der Waals surface area contributed by atoms with Crippen molar-refractivity contribution in [2.24, 2.45) is 29.1 Å². The Kier molecular flexibility index (Phi) is 9.75. The van der Waals surface area contributed by atoms with Crippen LogP contribution >= 0.6 is 0 Å². The van der Waals surface area contributed by atoms with E-state index in [9.17, 15) is 39.6 Å². The van der Waals surface area contributed by atoms with Gasteiger partial charge in [-0.15, -0.1) is 0 Å². The minimum Gasteiger partial charge on any atom is -0.504 e. The Morgan fingerprint density at radius 2 is 1.64 bits per heavy atom. The SMILES string of the molecule is CCC(CC(C)(CC(CC(C)C(=O)OC12CC3CC(O)(CC(O)(C3)C1)C2)C(=O)OC1C2CC3C(=O)OC1C3O2)C(=O)OC1(C)CCCC1)c1ccc(O)c(O)c1. The Hall–Kier alpha value is -3.42. The molecule has 56 heavy (non-hydrogen) atoms. The van der Waals surface area contributed by atoms with Gasteiger partial charge in [-0.2, -0.15) is 0 Å². The molecule has 3 heterocycles. The van der Waals surface area contributed by atoms with E-state index in [4.69, 9.17) is 23.7 Å². The van der Waals surface area contributed by atoms with E-state index < -0.39 is 82.0 Å². The summed E-state index contributed by atoms with van der Waals surface area (Å²) in [6.07, 6.45) is 4.30. The molecule has 1 aromatic rings. The van der Waals surface area contributed by atoms with Crippen LogP contribution < -0.4 is 0 Å². The second-order valence-electron chi connectivity index (χ2n) is 19.5. The van der Waals surface area contributed by atoms with Gasteiger partial charge in [-0.05, 0) is 120 Å². The molecule has 0 amide bonds. The average Bonchev–Trinajstić information content (AvgIpc) is 3.85. The summed E-state index contributed by atoms with van der Waals surface area (Å²) in [7, 11) is 0. The summed E-state index contributed by atoms with van der Waals surface area (Å²) in [5.74, 6) is -5.04. The van der Waals surface area contributed by atoms with Gasteiger partial charge in [-0.3, -0.25) is 19.2 Å². The van der Waals surface area contributed by atoms with Gasteiger partial charge >= 0.3 is 23.9 Å². The number of carbonyl (C=O) groups is 4. The van der Waals surface area contributed by atoms with E-state index in [1.807, 2.05) is 13.8 Å². The summed E-state index contributed by atoms with van der Waals surface area (Å²) in [6.45, 7) is 7.35. The van der Waals surface area contributed by atoms with Gasteiger partial charge in [0, 0.05) is 19.3 Å². The maximum absolute atomic E-state index is 14.6. The minimum absolute atomic E-state index is 0.0304. The highest BCUT2D eigenvalue weighted by Crippen LogP contribution is 2.61. The molecule has 11 atom stereocenters. The lowest BCUT2D eigenvalue weighted by Gasteiger charge is -2.62. The van der Waals surface area contributed by atoms with Gasteiger partial charge in [0.2, 0.25) is 0 Å². The number of hydrogen-bond acceptors (Lipinski definition) is 13. The first-order valence-electron chi connectivity index (χ1n) is 20.8. The highest BCUT2D eigenvalue weighted by atomic mass is 16.7. The standard InChI is InChI=1S/C43H58O13/c1-5-25(26-8-9-29(44)30(45)13-26)18-39(3,38(49)56-40(4)10-6-7-11-40)19-27(36(47)53-33-31-14-28-32(52-31)34(33)54-37(28)48)12-23(2)35(46)55-43-17-24-15-41(50,21-43)20-42(51,16-24)22-43/h8-9,13,23-25,27-28,31-34,44-45,50-51H,5-7,10-12,14-22H2,1-4H3. The molecular formula is C43H58O13. The molecule has 308 valence electrons. The second kappa shape index (κ2) is 13.9. The van der Waals surface area contributed by atoms with Crippen molar-refractivity contribution in [3.63, 3.8) is 0 Å². The van der Waals surface area contributed by atoms with E-state index in [2.05, 4.69) is 0 Å². The van der Waals surface area contributed by atoms with Gasteiger partial charge in [0.05, 0.1) is 40.5 Å². The summed E-state index contributed by atoms with van der Waals surface area (Å²) in [4.78, 5) is 55.7. The number of aromatic hydroxyl groups is 2. The molecule has 3 aliphatic heterocycles. The van der Waals surface area contributed by atoms with Crippen LogP contribution in [0.4, 0.5) is 0 Å². The number of rotatable bonds is 14. The zero-order valence-electron chi connectivity index (χ0n) is 33.0. The lowest BCUT2D eigenvalue weighted by molar-refractivity contribution is -0.262. The van der Waals surface area contributed by atoms with Crippen LogP contribution in [0.15, 0.2) is 18.2 Å². The first kappa shape index (κ1) is 39.4. The highest BCUT2D eigenvalue weighted by Gasteiger charge is 2.66. The van der Waals surface area contributed by atoms with Gasteiger partial charge < -0.3 is 44.1 Å². The molecule has 13 nitrogen and oxygen atoms in total. The molecule has 9 rings (SSSR count). The molecule has 5 aliphatic carbocycles. The van der Waals surface area contributed by atoms with Gasteiger partial charge in [0.15, 0.2) is 23.7 Å². The lowest BCUT2D eigenvalue weighted by atomic mass is 9.50. The highest BCUT2D eigenvalue weighted by molar-refractivity contribution is 5.81. The number of phenols is 2. The number of benzene rings is 1. The molecule has 3 saturated heterocycles. The van der Waals surface area contributed by atoms with Crippen molar-refractivity contribution in [1.82, 2.24) is 0 Å². The number of hydrogen-bond donors (Lipinski definition) is 4. The molecule has 0 radical (unpaired) electrons. The molecule has 5 saturated carbocycles. The van der Waals surface area contributed by atoms with Crippen LogP contribution in [0, 0.1) is 29.1 Å². The Morgan fingerprint density at radius 3 is 2.29 bits per heavy atom. The predicted octanol–water partition coefficient (Wildman–Crippen LogP) is 5.26. The molecule has 6 bridgehead atoms. The largest absolute Gasteiger partial charge is 0.504 e. The van der Waals surface area contributed by atoms with Crippen LogP contribution in [0.5, 0.6) is 11.5 Å². The summed E-state index contributed by atoms with van der Waals surface area (Å²) in [5.41, 5.74) is -4.45. The van der Waals surface area contributed by atoms with Crippen molar-refractivity contribution in [3.05, 3.63) is 23.8 Å². The first-order valence-corrected chi connectivity index (χ1v) is 20.8. The molecule has 8 fully saturated rings. The molecule has 11 unspecified atom stereocenters. The molecule has 0 aromatic heterocycles.